The molecule has 1 aliphatic heterocycles. The Hall–Kier alpha value is -0.590. The highest BCUT2D eigenvalue weighted by Crippen LogP contribution is 2.60. The van der Waals surface area contributed by atoms with Crippen LogP contribution in [0.5, 0.6) is 0 Å². The van der Waals surface area contributed by atoms with Crippen molar-refractivity contribution >= 4 is 7.92 Å². The van der Waals surface area contributed by atoms with E-state index in [0.29, 0.717) is 10.3 Å². The number of hydrogen-bond acceptors (Lipinski definition) is 2. The van der Waals surface area contributed by atoms with E-state index in [1.54, 1.807) is 0 Å². The topological polar surface area (TPSA) is 15.3 Å². The van der Waals surface area contributed by atoms with Gasteiger partial charge in [0.05, 0.1) is 0 Å². The standard InChI is InChI=1S/C19H35N2P/c1-9-21(10-2)14-16-12-11-13-17(20-16)15-22(18(3,4)5)19(6,7)8/h11-13,15,20H,9-10,14H2,1-8H3/b17-15+. The molecule has 126 valence electrons. The molecule has 0 radical (unpaired) electrons. The molecule has 0 amide bonds. The molecule has 1 rings (SSSR count). The van der Waals surface area contributed by atoms with Gasteiger partial charge in [0, 0.05) is 17.9 Å². The molecule has 0 unspecified atom stereocenters. The Morgan fingerprint density at radius 3 is 2.05 bits per heavy atom. The number of nitrogens with zero attached hydrogens (tertiary/aromatic N) is 1. The van der Waals surface area contributed by atoms with Crippen LogP contribution < -0.4 is 5.32 Å². The van der Waals surface area contributed by atoms with E-state index < -0.39 is 0 Å². The lowest BCUT2D eigenvalue weighted by atomic mass is 10.2. The summed E-state index contributed by atoms with van der Waals surface area (Å²) < 4.78 is 0. The quantitative estimate of drug-likeness (QED) is 0.692. The van der Waals surface area contributed by atoms with E-state index in [9.17, 15) is 0 Å². The van der Waals surface area contributed by atoms with Gasteiger partial charge in [-0.1, -0.05) is 69.4 Å². The van der Waals surface area contributed by atoms with E-state index in [1.807, 2.05) is 0 Å². The van der Waals surface area contributed by atoms with Gasteiger partial charge in [-0.2, -0.15) is 0 Å². The fourth-order valence-corrected chi connectivity index (χ4v) is 6.14. The van der Waals surface area contributed by atoms with Crippen LogP contribution in [0.3, 0.4) is 0 Å². The molecule has 1 heterocycles. The third-order valence-electron chi connectivity index (χ3n) is 3.88. The first-order valence-corrected chi connectivity index (χ1v) is 9.87. The summed E-state index contributed by atoms with van der Waals surface area (Å²) in [6.45, 7) is 21.8. The van der Waals surface area contributed by atoms with Gasteiger partial charge in [-0.05, 0) is 41.4 Å². The summed E-state index contributed by atoms with van der Waals surface area (Å²) in [7, 11) is -0.229. The summed E-state index contributed by atoms with van der Waals surface area (Å²) in [5.41, 5.74) is 2.57. The van der Waals surface area contributed by atoms with Gasteiger partial charge >= 0.3 is 0 Å². The summed E-state index contributed by atoms with van der Waals surface area (Å²) in [5, 5.41) is 4.27. The van der Waals surface area contributed by atoms with E-state index in [4.69, 9.17) is 0 Å². The van der Waals surface area contributed by atoms with Crippen molar-refractivity contribution in [1.82, 2.24) is 10.2 Å². The maximum atomic E-state index is 3.64. The van der Waals surface area contributed by atoms with Gasteiger partial charge in [0.2, 0.25) is 0 Å². The van der Waals surface area contributed by atoms with Gasteiger partial charge in [-0.15, -0.1) is 0 Å². The second kappa shape index (κ2) is 7.79. The molecule has 1 aliphatic rings. The van der Waals surface area contributed by atoms with Gasteiger partial charge in [0.1, 0.15) is 0 Å². The summed E-state index contributed by atoms with van der Waals surface area (Å²) in [4.78, 5) is 2.44. The maximum Gasteiger partial charge on any atom is 0.0387 e. The van der Waals surface area contributed by atoms with Crippen LogP contribution in [-0.4, -0.2) is 34.8 Å². The van der Waals surface area contributed by atoms with Crippen molar-refractivity contribution in [3.05, 3.63) is 35.4 Å². The van der Waals surface area contributed by atoms with Crippen molar-refractivity contribution in [2.24, 2.45) is 0 Å². The highest BCUT2D eigenvalue weighted by atomic mass is 31.1. The minimum absolute atomic E-state index is 0.229. The Bertz CT molecular complexity index is 429. The smallest absolute Gasteiger partial charge is 0.0387 e. The first kappa shape index (κ1) is 19.5. The Balaban J connectivity index is 2.90. The Kier molecular flexibility index (Phi) is 6.89. The molecule has 1 N–H and O–H groups in total. The second-order valence-corrected chi connectivity index (χ2v) is 11.6. The zero-order valence-electron chi connectivity index (χ0n) is 15.8. The molecule has 0 fully saturated rings. The second-order valence-electron chi connectivity index (χ2n) is 7.93. The number of nitrogens with one attached hydrogen (secondary N) is 1. The molecule has 3 heteroatoms. The van der Waals surface area contributed by atoms with Crippen LogP contribution in [-0.2, 0) is 0 Å². The highest BCUT2D eigenvalue weighted by Gasteiger charge is 2.33. The first-order chi connectivity index (χ1) is 10.1. The third-order valence-corrected chi connectivity index (χ3v) is 7.31. The van der Waals surface area contributed by atoms with Crippen LogP contribution in [0.4, 0.5) is 0 Å². The predicted octanol–water partition coefficient (Wildman–Crippen LogP) is 5.29. The molecule has 0 saturated heterocycles. The zero-order valence-corrected chi connectivity index (χ0v) is 16.7. The average Bonchev–Trinajstić information content (AvgIpc) is 2.40. The summed E-state index contributed by atoms with van der Waals surface area (Å²) in [5.74, 6) is 2.49. The largest absolute Gasteiger partial charge is 0.358 e. The van der Waals surface area contributed by atoms with Crippen LogP contribution in [0.15, 0.2) is 35.4 Å². The lowest BCUT2D eigenvalue weighted by Crippen LogP contribution is -2.31. The van der Waals surface area contributed by atoms with E-state index in [0.717, 1.165) is 19.6 Å². The van der Waals surface area contributed by atoms with Crippen LogP contribution in [0.2, 0.25) is 0 Å². The number of allylic oxidation sites excluding steroid dienone is 3. The molecular weight excluding hydrogens is 287 g/mol. The van der Waals surface area contributed by atoms with Gasteiger partial charge < -0.3 is 5.32 Å². The molecular formula is C19H35N2P. The van der Waals surface area contributed by atoms with Crippen LogP contribution in [0.25, 0.3) is 0 Å². The van der Waals surface area contributed by atoms with Crippen molar-refractivity contribution in [3.63, 3.8) is 0 Å². The summed E-state index contributed by atoms with van der Waals surface area (Å²) in [6, 6.07) is 0. The van der Waals surface area contributed by atoms with Crippen LogP contribution >= 0.6 is 7.92 Å². The minimum Gasteiger partial charge on any atom is -0.358 e. The zero-order chi connectivity index (χ0) is 17.0. The fourth-order valence-electron chi connectivity index (χ4n) is 2.92. The molecule has 22 heavy (non-hydrogen) atoms. The summed E-state index contributed by atoms with van der Waals surface area (Å²) >= 11 is 0. The molecule has 0 saturated carbocycles. The molecule has 0 spiro atoms. The lowest BCUT2D eigenvalue weighted by molar-refractivity contribution is 0.325. The predicted molar refractivity (Wildman–Crippen MR) is 103 cm³/mol. The maximum absolute atomic E-state index is 3.64. The molecule has 0 atom stereocenters. The monoisotopic (exact) mass is 322 g/mol. The Morgan fingerprint density at radius 2 is 1.59 bits per heavy atom. The van der Waals surface area contributed by atoms with E-state index in [-0.39, 0.29) is 7.92 Å². The number of dihydropyridines is 1. The van der Waals surface area contributed by atoms with Crippen molar-refractivity contribution in [2.45, 2.75) is 65.7 Å². The minimum atomic E-state index is -0.229. The summed E-state index contributed by atoms with van der Waals surface area (Å²) in [6.07, 6.45) is 6.59. The first-order valence-electron chi connectivity index (χ1n) is 8.45. The molecule has 0 aromatic carbocycles. The molecule has 0 aromatic heterocycles. The Morgan fingerprint density at radius 1 is 1.05 bits per heavy atom. The van der Waals surface area contributed by atoms with Gasteiger partial charge in [-0.25, -0.2) is 0 Å². The van der Waals surface area contributed by atoms with E-state index in [2.05, 4.69) is 89.7 Å². The van der Waals surface area contributed by atoms with Crippen LogP contribution in [0, 0.1) is 0 Å². The van der Waals surface area contributed by atoms with Crippen molar-refractivity contribution < 1.29 is 0 Å². The molecule has 0 bridgehead atoms. The van der Waals surface area contributed by atoms with E-state index in [1.165, 1.54) is 11.4 Å². The third kappa shape index (κ3) is 5.89. The normalized spacial score (nSPS) is 18.1. The SMILES string of the molecule is CCN(CC)CC1=CC=C/C(=C\P(C(C)(C)C)C(C)(C)C)N1. The molecule has 2 nitrogen and oxygen atoms in total. The van der Waals surface area contributed by atoms with Crippen molar-refractivity contribution in [2.75, 3.05) is 19.6 Å². The molecule has 0 aromatic rings. The lowest BCUT2D eigenvalue weighted by Gasteiger charge is -2.40. The molecule has 0 aliphatic carbocycles. The van der Waals surface area contributed by atoms with Crippen molar-refractivity contribution in [1.29, 1.82) is 0 Å². The number of likely N-dealkylation sites (N-methyl/N-ethyl adjacent to an activating group) is 1. The van der Waals surface area contributed by atoms with Crippen molar-refractivity contribution in [3.8, 4) is 0 Å². The van der Waals surface area contributed by atoms with E-state index >= 15 is 0 Å². The van der Waals surface area contributed by atoms with Gasteiger partial charge in [0.25, 0.3) is 0 Å². The Labute approximate surface area is 139 Å². The average molecular weight is 322 g/mol. The van der Waals surface area contributed by atoms with Crippen LogP contribution in [0.1, 0.15) is 55.4 Å². The number of rotatable bonds is 5. The van der Waals surface area contributed by atoms with Gasteiger partial charge in [-0.3, -0.25) is 4.90 Å². The number of hydrogen-bond donors (Lipinski definition) is 1. The van der Waals surface area contributed by atoms with Gasteiger partial charge in [0.15, 0.2) is 0 Å². The highest BCUT2D eigenvalue weighted by molar-refractivity contribution is 7.64. The fraction of sp³-hybridized carbons (Fsp3) is 0.684.